The van der Waals surface area contributed by atoms with E-state index in [1.165, 1.54) is 0 Å². The molecule has 0 spiro atoms. The van der Waals surface area contributed by atoms with Gasteiger partial charge in [0.05, 0.1) is 0 Å². The lowest BCUT2D eigenvalue weighted by atomic mass is 10.5. The Morgan fingerprint density at radius 3 is 2.78 bits per heavy atom. The SMILES string of the molecule is C#CC(=O)NC1CC1N. The summed E-state index contributed by atoms with van der Waals surface area (Å²) in [4.78, 5) is 10.4. The van der Waals surface area contributed by atoms with E-state index in [-0.39, 0.29) is 18.0 Å². The minimum absolute atomic E-state index is 0.127. The monoisotopic (exact) mass is 124 g/mol. The summed E-state index contributed by atoms with van der Waals surface area (Å²) >= 11 is 0. The Labute approximate surface area is 53.6 Å². The number of amides is 1. The van der Waals surface area contributed by atoms with Gasteiger partial charge in [-0.3, -0.25) is 4.79 Å². The highest BCUT2D eigenvalue weighted by atomic mass is 16.1. The number of nitrogens with two attached hydrogens (primary N) is 1. The van der Waals surface area contributed by atoms with E-state index in [1.807, 2.05) is 5.92 Å². The summed E-state index contributed by atoms with van der Waals surface area (Å²) in [5.74, 6) is 1.58. The maximum atomic E-state index is 10.4. The van der Waals surface area contributed by atoms with E-state index in [9.17, 15) is 4.79 Å². The highest BCUT2D eigenvalue weighted by molar-refractivity contribution is 5.93. The molecule has 1 rings (SSSR count). The van der Waals surface area contributed by atoms with E-state index in [0.29, 0.717) is 0 Å². The first-order valence-electron chi connectivity index (χ1n) is 2.76. The number of hydrogen-bond acceptors (Lipinski definition) is 2. The number of hydrogen-bond donors (Lipinski definition) is 2. The van der Waals surface area contributed by atoms with Crippen LogP contribution >= 0.6 is 0 Å². The number of rotatable bonds is 1. The highest BCUT2D eigenvalue weighted by Gasteiger charge is 2.34. The van der Waals surface area contributed by atoms with Crippen LogP contribution in [0.2, 0.25) is 0 Å². The molecular weight excluding hydrogens is 116 g/mol. The molecule has 1 aliphatic carbocycles. The first kappa shape index (κ1) is 6.12. The summed E-state index contributed by atoms with van der Waals surface area (Å²) in [6, 6.07) is 0.260. The van der Waals surface area contributed by atoms with Crippen molar-refractivity contribution in [2.75, 3.05) is 0 Å². The van der Waals surface area contributed by atoms with Crippen LogP contribution in [-0.2, 0) is 4.79 Å². The van der Waals surface area contributed by atoms with Gasteiger partial charge < -0.3 is 11.1 Å². The maximum absolute atomic E-state index is 10.4. The summed E-state index contributed by atoms with van der Waals surface area (Å²) in [5, 5.41) is 2.55. The van der Waals surface area contributed by atoms with Crippen molar-refractivity contribution >= 4 is 5.91 Å². The topological polar surface area (TPSA) is 55.1 Å². The summed E-state index contributed by atoms with van der Waals surface area (Å²) in [6.45, 7) is 0. The van der Waals surface area contributed by atoms with E-state index >= 15 is 0 Å². The molecule has 0 heterocycles. The molecule has 0 aliphatic heterocycles. The molecule has 0 bridgehead atoms. The third kappa shape index (κ3) is 1.44. The van der Waals surface area contributed by atoms with Crippen LogP contribution in [0.4, 0.5) is 0 Å². The molecule has 2 atom stereocenters. The third-order valence-electron chi connectivity index (χ3n) is 1.29. The van der Waals surface area contributed by atoms with Crippen LogP contribution in [0.25, 0.3) is 0 Å². The zero-order chi connectivity index (χ0) is 6.85. The Bertz CT molecular complexity index is 170. The minimum atomic E-state index is -0.368. The first-order valence-corrected chi connectivity index (χ1v) is 2.76. The summed E-state index contributed by atoms with van der Waals surface area (Å²) < 4.78 is 0. The quantitative estimate of drug-likeness (QED) is 0.433. The average molecular weight is 124 g/mol. The van der Waals surface area contributed by atoms with Gasteiger partial charge in [0.15, 0.2) is 0 Å². The molecule has 1 aliphatic rings. The predicted molar refractivity (Wildman–Crippen MR) is 33.4 cm³/mol. The van der Waals surface area contributed by atoms with Crippen LogP contribution in [0, 0.1) is 12.3 Å². The first-order chi connectivity index (χ1) is 4.24. The van der Waals surface area contributed by atoms with Crippen molar-refractivity contribution in [1.29, 1.82) is 0 Å². The van der Waals surface area contributed by atoms with Crippen LogP contribution < -0.4 is 11.1 Å². The van der Waals surface area contributed by atoms with Crippen molar-refractivity contribution in [3.05, 3.63) is 0 Å². The highest BCUT2D eigenvalue weighted by Crippen LogP contribution is 2.16. The van der Waals surface area contributed by atoms with Crippen LogP contribution in [-0.4, -0.2) is 18.0 Å². The van der Waals surface area contributed by atoms with Crippen LogP contribution in [0.3, 0.4) is 0 Å². The van der Waals surface area contributed by atoms with Crippen LogP contribution in [0.5, 0.6) is 0 Å². The maximum Gasteiger partial charge on any atom is 0.295 e. The Hall–Kier alpha value is -1.01. The van der Waals surface area contributed by atoms with Gasteiger partial charge in [0.2, 0.25) is 0 Å². The van der Waals surface area contributed by atoms with Crippen molar-refractivity contribution in [3.8, 4) is 12.3 Å². The normalized spacial score (nSPS) is 30.7. The van der Waals surface area contributed by atoms with Crippen molar-refractivity contribution in [3.63, 3.8) is 0 Å². The van der Waals surface area contributed by atoms with Gasteiger partial charge >= 0.3 is 0 Å². The van der Waals surface area contributed by atoms with Crippen molar-refractivity contribution in [2.24, 2.45) is 5.73 Å². The standard InChI is InChI=1S/C6H8N2O/c1-2-6(9)8-5-3-4(5)7/h1,4-5H,3,7H2,(H,8,9). The van der Waals surface area contributed by atoms with Crippen LogP contribution in [0.15, 0.2) is 0 Å². The van der Waals surface area contributed by atoms with Gasteiger partial charge in [0.25, 0.3) is 5.91 Å². The summed E-state index contributed by atoms with van der Waals surface area (Å²) in [6.07, 6.45) is 5.65. The summed E-state index contributed by atoms with van der Waals surface area (Å²) in [5.41, 5.74) is 5.39. The Balaban J connectivity index is 2.22. The number of carbonyl (C=O) groups is 1. The fourth-order valence-corrected chi connectivity index (χ4v) is 0.591. The molecular formula is C6H8N2O. The van der Waals surface area contributed by atoms with Gasteiger partial charge in [0, 0.05) is 12.1 Å². The van der Waals surface area contributed by atoms with Gasteiger partial charge in [-0.2, -0.15) is 0 Å². The lowest BCUT2D eigenvalue weighted by Crippen LogP contribution is -2.28. The molecule has 1 amide bonds. The molecule has 3 N–H and O–H groups in total. The van der Waals surface area contributed by atoms with Gasteiger partial charge in [-0.05, 0) is 12.3 Å². The number of nitrogens with one attached hydrogen (secondary N) is 1. The van der Waals surface area contributed by atoms with Crippen LogP contribution in [0.1, 0.15) is 6.42 Å². The van der Waals surface area contributed by atoms with Gasteiger partial charge in [-0.25, -0.2) is 0 Å². The second-order valence-corrected chi connectivity index (χ2v) is 2.12. The molecule has 1 saturated carbocycles. The molecule has 0 radical (unpaired) electrons. The second-order valence-electron chi connectivity index (χ2n) is 2.12. The van der Waals surface area contributed by atoms with Gasteiger partial charge in [-0.1, -0.05) is 0 Å². The average Bonchev–Trinajstić information content (AvgIpc) is 2.47. The van der Waals surface area contributed by atoms with Crippen molar-refractivity contribution in [2.45, 2.75) is 18.5 Å². The van der Waals surface area contributed by atoms with Gasteiger partial charge in [0.1, 0.15) is 0 Å². The molecule has 0 saturated heterocycles. The zero-order valence-corrected chi connectivity index (χ0v) is 4.92. The molecule has 0 aromatic rings. The fourth-order valence-electron chi connectivity index (χ4n) is 0.591. The van der Waals surface area contributed by atoms with E-state index in [1.54, 1.807) is 0 Å². The zero-order valence-electron chi connectivity index (χ0n) is 4.92. The molecule has 2 unspecified atom stereocenters. The van der Waals surface area contributed by atoms with E-state index in [2.05, 4.69) is 5.32 Å². The molecule has 3 nitrogen and oxygen atoms in total. The lowest BCUT2D eigenvalue weighted by Gasteiger charge is -1.93. The molecule has 0 aromatic heterocycles. The molecule has 1 fully saturated rings. The molecule has 48 valence electrons. The molecule has 3 heteroatoms. The third-order valence-corrected chi connectivity index (χ3v) is 1.29. The Kier molecular flexibility index (Phi) is 1.41. The largest absolute Gasteiger partial charge is 0.341 e. The predicted octanol–water partition coefficient (Wildman–Crippen LogP) is -1.16. The smallest absolute Gasteiger partial charge is 0.295 e. The lowest BCUT2D eigenvalue weighted by molar-refractivity contribution is -0.115. The number of terminal acetylenes is 1. The Morgan fingerprint density at radius 1 is 1.89 bits per heavy atom. The van der Waals surface area contributed by atoms with Crippen molar-refractivity contribution in [1.82, 2.24) is 5.32 Å². The van der Waals surface area contributed by atoms with Gasteiger partial charge in [-0.15, -0.1) is 6.42 Å². The summed E-state index contributed by atoms with van der Waals surface area (Å²) in [7, 11) is 0. The second kappa shape index (κ2) is 2.08. The Morgan fingerprint density at radius 2 is 2.44 bits per heavy atom. The molecule has 0 aromatic carbocycles. The van der Waals surface area contributed by atoms with E-state index in [0.717, 1.165) is 6.42 Å². The number of carbonyl (C=O) groups excluding carboxylic acids is 1. The minimum Gasteiger partial charge on any atom is -0.341 e. The van der Waals surface area contributed by atoms with E-state index < -0.39 is 0 Å². The molecule has 9 heavy (non-hydrogen) atoms. The van der Waals surface area contributed by atoms with E-state index in [4.69, 9.17) is 12.2 Å². The van der Waals surface area contributed by atoms with Crippen molar-refractivity contribution < 1.29 is 4.79 Å². The fraction of sp³-hybridized carbons (Fsp3) is 0.500.